The van der Waals surface area contributed by atoms with E-state index in [0.29, 0.717) is 15.8 Å². The summed E-state index contributed by atoms with van der Waals surface area (Å²) in [4.78, 5) is 36.6. The first-order valence-electron chi connectivity index (χ1n) is 7.40. The third-order valence-electron chi connectivity index (χ3n) is 3.64. The van der Waals surface area contributed by atoms with Crippen molar-refractivity contribution >= 4 is 45.8 Å². The molecule has 9 heteroatoms. The number of hydrogen-bond acceptors (Lipinski definition) is 4. The molecule has 1 aromatic heterocycles. The summed E-state index contributed by atoms with van der Waals surface area (Å²) in [6.45, 7) is 0. The molecule has 0 saturated carbocycles. The molecule has 2 aromatic carbocycles. The van der Waals surface area contributed by atoms with E-state index in [9.17, 15) is 14.4 Å². The van der Waals surface area contributed by atoms with Crippen molar-refractivity contribution in [1.29, 1.82) is 0 Å². The van der Waals surface area contributed by atoms with Gasteiger partial charge in [-0.05, 0) is 24.3 Å². The van der Waals surface area contributed by atoms with Gasteiger partial charge in [-0.1, -0.05) is 41.4 Å². The van der Waals surface area contributed by atoms with Crippen LogP contribution in [0.15, 0.2) is 47.3 Å². The smallest absolute Gasteiger partial charge is 0.267 e. The number of aromatic nitrogens is 2. The van der Waals surface area contributed by atoms with Crippen LogP contribution in [0.3, 0.4) is 0 Å². The maximum absolute atomic E-state index is 12.4. The van der Waals surface area contributed by atoms with Crippen LogP contribution in [-0.4, -0.2) is 21.6 Å². The van der Waals surface area contributed by atoms with E-state index in [-0.39, 0.29) is 21.8 Å². The van der Waals surface area contributed by atoms with Gasteiger partial charge in [-0.25, -0.2) is 4.68 Å². The Balaban J connectivity index is 1.84. The second kappa shape index (κ2) is 7.15. The van der Waals surface area contributed by atoms with Crippen LogP contribution in [0.4, 0.5) is 0 Å². The van der Waals surface area contributed by atoms with Crippen LogP contribution in [0.25, 0.3) is 10.8 Å². The Labute approximate surface area is 157 Å². The Hall–Kier alpha value is -2.90. The van der Waals surface area contributed by atoms with Crippen molar-refractivity contribution in [3.63, 3.8) is 0 Å². The molecule has 0 bridgehead atoms. The highest BCUT2D eigenvalue weighted by molar-refractivity contribution is 6.42. The molecule has 0 atom stereocenters. The molecule has 2 amide bonds. The van der Waals surface area contributed by atoms with Gasteiger partial charge in [-0.2, -0.15) is 5.10 Å². The highest BCUT2D eigenvalue weighted by atomic mass is 35.5. The summed E-state index contributed by atoms with van der Waals surface area (Å²) in [6.07, 6.45) is 0. The third-order valence-corrected chi connectivity index (χ3v) is 4.38. The van der Waals surface area contributed by atoms with Crippen LogP contribution in [-0.2, 0) is 7.05 Å². The van der Waals surface area contributed by atoms with Crippen molar-refractivity contribution in [2.75, 3.05) is 0 Å². The zero-order valence-electron chi connectivity index (χ0n) is 13.4. The Kier molecular flexibility index (Phi) is 4.92. The minimum atomic E-state index is -0.662. The number of carbonyl (C=O) groups is 2. The summed E-state index contributed by atoms with van der Waals surface area (Å²) in [5, 5.41) is 5.25. The van der Waals surface area contributed by atoms with Gasteiger partial charge in [-0.3, -0.25) is 25.2 Å². The van der Waals surface area contributed by atoms with E-state index in [0.717, 1.165) is 4.68 Å². The van der Waals surface area contributed by atoms with E-state index in [1.807, 2.05) is 0 Å². The molecule has 3 aromatic rings. The largest absolute Gasteiger partial charge is 0.290 e. The second-order valence-corrected chi connectivity index (χ2v) is 6.17. The van der Waals surface area contributed by atoms with Crippen molar-refractivity contribution in [3.8, 4) is 0 Å². The molecule has 0 unspecified atom stereocenters. The average Bonchev–Trinajstić information content (AvgIpc) is 2.64. The van der Waals surface area contributed by atoms with Gasteiger partial charge in [-0.15, -0.1) is 0 Å². The van der Waals surface area contributed by atoms with Crippen molar-refractivity contribution in [2.24, 2.45) is 7.05 Å². The maximum Gasteiger partial charge on any atom is 0.290 e. The monoisotopic (exact) mass is 390 g/mol. The van der Waals surface area contributed by atoms with E-state index in [1.165, 1.54) is 25.2 Å². The zero-order chi connectivity index (χ0) is 18.8. The summed E-state index contributed by atoms with van der Waals surface area (Å²) >= 11 is 11.7. The Bertz CT molecular complexity index is 1100. The van der Waals surface area contributed by atoms with E-state index in [4.69, 9.17) is 23.2 Å². The van der Waals surface area contributed by atoms with Gasteiger partial charge in [0, 0.05) is 18.0 Å². The molecular weight excluding hydrogens is 379 g/mol. The lowest BCUT2D eigenvalue weighted by molar-refractivity contribution is 0.0844. The SMILES string of the molecule is Cn1nc(C(=O)NNC(=O)c2ccc(Cl)c(Cl)c2)c2ccccc2c1=O. The summed E-state index contributed by atoms with van der Waals surface area (Å²) in [5.41, 5.74) is 4.46. The molecule has 7 nitrogen and oxygen atoms in total. The van der Waals surface area contributed by atoms with Crippen molar-refractivity contribution in [3.05, 3.63) is 74.1 Å². The van der Waals surface area contributed by atoms with E-state index >= 15 is 0 Å². The normalized spacial score (nSPS) is 10.6. The third kappa shape index (κ3) is 3.40. The molecule has 0 fully saturated rings. The number of aryl methyl sites for hydroxylation is 1. The van der Waals surface area contributed by atoms with Crippen LogP contribution in [0.1, 0.15) is 20.8 Å². The Morgan fingerprint density at radius 1 is 0.962 bits per heavy atom. The number of amides is 2. The summed E-state index contributed by atoms with van der Waals surface area (Å²) in [6, 6.07) is 10.9. The van der Waals surface area contributed by atoms with Gasteiger partial charge >= 0.3 is 0 Å². The molecule has 0 aliphatic heterocycles. The first kappa shape index (κ1) is 17.9. The van der Waals surface area contributed by atoms with Gasteiger partial charge in [0.25, 0.3) is 17.4 Å². The predicted octanol–water partition coefficient (Wildman–Crippen LogP) is 2.32. The standard InChI is InChI=1S/C17H12Cl2N4O3/c1-23-17(26)11-5-3-2-4-10(11)14(22-23)16(25)21-20-15(24)9-6-7-12(18)13(19)8-9/h2-8H,1H3,(H,20,24)(H,21,25). The van der Waals surface area contributed by atoms with E-state index in [1.54, 1.807) is 24.3 Å². The molecule has 0 saturated heterocycles. The molecule has 26 heavy (non-hydrogen) atoms. The minimum Gasteiger partial charge on any atom is -0.267 e. The lowest BCUT2D eigenvalue weighted by Crippen LogP contribution is -2.42. The molecule has 132 valence electrons. The minimum absolute atomic E-state index is 0.0112. The molecule has 0 aliphatic rings. The van der Waals surface area contributed by atoms with Gasteiger partial charge in [0.05, 0.1) is 15.4 Å². The summed E-state index contributed by atoms with van der Waals surface area (Å²) in [5.74, 6) is -1.24. The Morgan fingerprint density at radius 3 is 2.31 bits per heavy atom. The van der Waals surface area contributed by atoms with Crippen LogP contribution < -0.4 is 16.4 Å². The van der Waals surface area contributed by atoms with Gasteiger partial charge in [0.15, 0.2) is 5.69 Å². The molecule has 0 spiro atoms. The highest BCUT2D eigenvalue weighted by Crippen LogP contribution is 2.22. The number of nitrogens with zero attached hydrogens (tertiary/aromatic N) is 2. The van der Waals surface area contributed by atoms with Gasteiger partial charge in [0.1, 0.15) is 0 Å². The summed E-state index contributed by atoms with van der Waals surface area (Å²) < 4.78 is 1.07. The lowest BCUT2D eigenvalue weighted by Gasteiger charge is -2.10. The lowest BCUT2D eigenvalue weighted by atomic mass is 10.1. The number of benzene rings is 2. The molecular formula is C17H12Cl2N4O3. The molecule has 2 N–H and O–H groups in total. The fraction of sp³-hybridized carbons (Fsp3) is 0.0588. The number of carbonyl (C=O) groups excluding carboxylic acids is 2. The number of halogens is 2. The van der Waals surface area contributed by atoms with Crippen LogP contribution in [0, 0.1) is 0 Å². The molecule has 0 aliphatic carbocycles. The maximum atomic E-state index is 12.4. The number of hydrogen-bond donors (Lipinski definition) is 2. The van der Waals surface area contributed by atoms with Crippen LogP contribution >= 0.6 is 23.2 Å². The number of hydrazine groups is 1. The van der Waals surface area contributed by atoms with Crippen molar-refractivity contribution in [2.45, 2.75) is 0 Å². The highest BCUT2D eigenvalue weighted by Gasteiger charge is 2.16. The van der Waals surface area contributed by atoms with Crippen molar-refractivity contribution < 1.29 is 9.59 Å². The predicted molar refractivity (Wildman–Crippen MR) is 98.4 cm³/mol. The van der Waals surface area contributed by atoms with E-state index < -0.39 is 11.8 Å². The molecule has 3 rings (SSSR count). The second-order valence-electron chi connectivity index (χ2n) is 5.36. The number of fused-ring (bicyclic) bond motifs is 1. The Morgan fingerprint density at radius 2 is 1.62 bits per heavy atom. The zero-order valence-corrected chi connectivity index (χ0v) is 14.9. The first-order chi connectivity index (χ1) is 12.4. The van der Waals surface area contributed by atoms with Crippen LogP contribution in [0.2, 0.25) is 10.0 Å². The average molecular weight is 391 g/mol. The number of rotatable bonds is 2. The van der Waals surface area contributed by atoms with Gasteiger partial charge < -0.3 is 0 Å². The molecule has 0 radical (unpaired) electrons. The van der Waals surface area contributed by atoms with Crippen LogP contribution in [0.5, 0.6) is 0 Å². The van der Waals surface area contributed by atoms with Gasteiger partial charge in [0.2, 0.25) is 0 Å². The first-order valence-corrected chi connectivity index (χ1v) is 8.16. The molecule has 1 heterocycles. The number of nitrogens with one attached hydrogen (secondary N) is 2. The fourth-order valence-corrected chi connectivity index (χ4v) is 2.65. The fourth-order valence-electron chi connectivity index (χ4n) is 2.35. The quantitative estimate of drug-likeness (QED) is 0.656. The van der Waals surface area contributed by atoms with Crippen molar-refractivity contribution in [1.82, 2.24) is 20.6 Å². The summed E-state index contributed by atoms with van der Waals surface area (Å²) in [7, 11) is 1.44. The van der Waals surface area contributed by atoms with E-state index in [2.05, 4.69) is 16.0 Å². The topological polar surface area (TPSA) is 93.1 Å².